The number of aliphatic hydroxyl groups is 3. The number of hydrogen-bond donors (Lipinski definition) is 4. The number of aliphatic hydroxyl groups excluding tert-OH is 3. The lowest BCUT2D eigenvalue weighted by molar-refractivity contribution is -0.143. The summed E-state index contributed by atoms with van der Waals surface area (Å²) in [4.78, 5) is 22.2. The third kappa shape index (κ3) is 8.34. The van der Waals surface area contributed by atoms with E-state index >= 15 is 0 Å². The minimum Gasteiger partial charge on any atom is -0.387 e. The van der Waals surface area contributed by atoms with E-state index in [-0.39, 0.29) is 6.16 Å². The molecule has 1 aliphatic heterocycles. The van der Waals surface area contributed by atoms with E-state index in [9.17, 15) is 25.0 Å². The summed E-state index contributed by atoms with van der Waals surface area (Å²) >= 11 is 0. The molecule has 0 aromatic heterocycles. The number of carbonyl (C=O) groups is 1. The Balaban J connectivity index is 2.40. The molecule has 0 bridgehead atoms. The Labute approximate surface area is 163 Å². The van der Waals surface area contributed by atoms with Crippen molar-refractivity contribution < 1.29 is 29.7 Å². The van der Waals surface area contributed by atoms with E-state index in [0.29, 0.717) is 0 Å². The minimum atomic E-state index is -2.04. The van der Waals surface area contributed by atoms with Crippen molar-refractivity contribution >= 4 is 13.7 Å². The molecule has 1 aliphatic rings. The van der Waals surface area contributed by atoms with Crippen LogP contribution >= 0.6 is 8.15 Å². The molecule has 1 heterocycles. The van der Waals surface area contributed by atoms with Crippen LogP contribution in [0.15, 0.2) is 34.9 Å². The average Bonchev–Trinajstić information content (AvgIpc) is 2.86. The zero-order chi connectivity index (χ0) is 20.6. The van der Waals surface area contributed by atoms with Crippen LogP contribution in [0.4, 0.5) is 0 Å². The van der Waals surface area contributed by atoms with Crippen LogP contribution in [0.1, 0.15) is 53.4 Å². The highest BCUT2D eigenvalue weighted by molar-refractivity contribution is 7.70. The van der Waals surface area contributed by atoms with Gasteiger partial charge in [-0.1, -0.05) is 34.9 Å². The first-order valence-electron chi connectivity index (χ1n) is 9.28. The van der Waals surface area contributed by atoms with E-state index < -0.39 is 38.3 Å². The molecule has 1 fully saturated rings. The highest BCUT2D eigenvalue weighted by Crippen LogP contribution is 2.37. The molecule has 1 rings (SSSR count). The summed E-state index contributed by atoms with van der Waals surface area (Å²) in [6.45, 7) is 8.27. The fourth-order valence-corrected chi connectivity index (χ4v) is 3.85. The average molecular weight is 400 g/mol. The molecule has 6 nitrogen and oxygen atoms in total. The van der Waals surface area contributed by atoms with Crippen LogP contribution in [0.5, 0.6) is 0 Å². The Bertz CT molecular complexity index is 579. The van der Waals surface area contributed by atoms with Gasteiger partial charge in [-0.2, -0.15) is 0 Å². The molecular weight excluding hydrogens is 367 g/mol. The van der Waals surface area contributed by atoms with Crippen LogP contribution in [0.25, 0.3) is 0 Å². The molecule has 1 saturated heterocycles. The molecule has 0 aromatic carbocycles. The van der Waals surface area contributed by atoms with Gasteiger partial charge in [-0.05, 0) is 53.4 Å². The third-order valence-electron chi connectivity index (χ3n) is 4.47. The molecule has 1 unspecified atom stereocenters. The lowest BCUT2D eigenvalue weighted by Gasteiger charge is -2.16. The second-order valence-corrected chi connectivity index (χ2v) is 8.91. The van der Waals surface area contributed by atoms with E-state index in [1.54, 1.807) is 0 Å². The molecule has 0 aliphatic carbocycles. The van der Waals surface area contributed by atoms with Crippen LogP contribution < -0.4 is 0 Å². The lowest BCUT2D eigenvalue weighted by Crippen LogP contribution is -2.35. The number of carbonyl (C=O) groups excluding carboxylic acids is 1. The summed E-state index contributed by atoms with van der Waals surface area (Å²) in [6, 6.07) is 0. The van der Waals surface area contributed by atoms with Gasteiger partial charge in [0.25, 0.3) is 0 Å². The lowest BCUT2D eigenvalue weighted by atomic mass is 10.1. The molecule has 0 amide bonds. The van der Waals surface area contributed by atoms with E-state index in [2.05, 4.69) is 32.9 Å². The third-order valence-corrected chi connectivity index (χ3v) is 5.76. The maximum Gasteiger partial charge on any atom is 0.213 e. The molecule has 7 heteroatoms. The van der Waals surface area contributed by atoms with Gasteiger partial charge in [0.2, 0.25) is 5.52 Å². The maximum atomic E-state index is 12.1. The predicted octanol–water partition coefficient (Wildman–Crippen LogP) is 2.76. The Morgan fingerprint density at radius 1 is 0.926 bits per heavy atom. The van der Waals surface area contributed by atoms with Gasteiger partial charge in [0.15, 0.2) is 12.4 Å². The van der Waals surface area contributed by atoms with Crippen molar-refractivity contribution in [2.24, 2.45) is 0 Å². The van der Waals surface area contributed by atoms with E-state index in [1.807, 2.05) is 13.0 Å². The largest absolute Gasteiger partial charge is 0.387 e. The topological polar surface area (TPSA) is 107 Å². The van der Waals surface area contributed by atoms with Gasteiger partial charge in [-0.15, -0.1) is 0 Å². The summed E-state index contributed by atoms with van der Waals surface area (Å²) < 4.78 is 4.84. The summed E-state index contributed by atoms with van der Waals surface area (Å²) in [5, 5.41) is 28.5. The molecule has 154 valence electrons. The molecule has 0 spiro atoms. The van der Waals surface area contributed by atoms with Crippen molar-refractivity contribution in [3.8, 4) is 0 Å². The number of rotatable bonds is 10. The summed E-state index contributed by atoms with van der Waals surface area (Å²) in [7, 11) is -2.04. The monoisotopic (exact) mass is 400 g/mol. The molecule has 4 N–H and O–H groups in total. The van der Waals surface area contributed by atoms with Crippen LogP contribution in [0.3, 0.4) is 0 Å². The van der Waals surface area contributed by atoms with Crippen LogP contribution in [-0.2, 0) is 9.53 Å². The second-order valence-electron chi connectivity index (χ2n) is 7.31. The van der Waals surface area contributed by atoms with Crippen molar-refractivity contribution in [1.82, 2.24) is 0 Å². The first kappa shape index (κ1) is 24.2. The van der Waals surface area contributed by atoms with Crippen molar-refractivity contribution in [3.63, 3.8) is 0 Å². The van der Waals surface area contributed by atoms with Gasteiger partial charge >= 0.3 is 0 Å². The zero-order valence-corrected chi connectivity index (χ0v) is 17.5. The smallest absolute Gasteiger partial charge is 0.213 e. The Morgan fingerprint density at radius 3 is 2.00 bits per heavy atom. The van der Waals surface area contributed by atoms with Gasteiger partial charge in [0, 0.05) is 6.16 Å². The SMILES string of the molecule is CC(C)=CCCC(C)=CCCC(C)=CCP(O)C(=O)[C@H]1O[C@@H](O)[C@H](O)[C@@H]1O. The Morgan fingerprint density at radius 2 is 1.48 bits per heavy atom. The van der Waals surface area contributed by atoms with Gasteiger partial charge in [0.1, 0.15) is 20.4 Å². The maximum absolute atomic E-state index is 12.1. The van der Waals surface area contributed by atoms with Crippen LogP contribution in [0.2, 0.25) is 0 Å². The molecule has 0 radical (unpaired) electrons. The van der Waals surface area contributed by atoms with Crippen molar-refractivity contribution in [1.29, 1.82) is 0 Å². The fraction of sp³-hybridized carbons (Fsp3) is 0.650. The fourth-order valence-electron chi connectivity index (χ4n) is 2.68. The molecular formula is C20H33O6P. The Hall–Kier alpha value is -0.880. The van der Waals surface area contributed by atoms with Gasteiger partial charge < -0.3 is 24.9 Å². The van der Waals surface area contributed by atoms with Gasteiger partial charge in [-0.3, -0.25) is 4.79 Å². The normalized spacial score (nSPS) is 27.6. The summed E-state index contributed by atoms with van der Waals surface area (Å²) in [6.07, 6.45) is 4.24. The molecule has 0 saturated carbocycles. The summed E-state index contributed by atoms with van der Waals surface area (Å²) in [5.41, 5.74) is 3.08. The Kier molecular flexibility index (Phi) is 10.6. The van der Waals surface area contributed by atoms with E-state index in [4.69, 9.17) is 4.74 Å². The van der Waals surface area contributed by atoms with Crippen molar-refractivity contribution in [2.75, 3.05) is 6.16 Å². The van der Waals surface area contributed by atoms with Crippen molar-refractivity contribution in [3.05, 3.63) is 34.9 Å². The van der Waals surface area contributed by atoms with E-state index in [1.165, 1.54) is 11.1 Å². The second kappa shape index (κ2) is 11.8. The first-order valence-corrected chi connectivity index (χ1v) is 10.8. The van der Waals surface area contributed by atoms with E-state index in [0.717, 1.165) is 31.3 Å². The summed E-state index contributed by atoms with van der Waals surface area (Å²) in [5.74, 6) is 0. The highest BCUT2D eigenvalue weighted by atomic mass is 31.1. The number of ether oxygens (including phenoxy) is 1. The molecule has 5 atom stereocenters. The zero-order valence-electron chi connectivity index (χ0n) is 16.6. The predicted molar refractivity (Wildman–Crippen MR) is 107 cm³/mol. The first-order chi connectivity index (χ1) is 12.6. The molecule has 27 heavy (non-hydrogen) atoms. The highest BCUT2D eigenvalue weighted by Gasteiger charge is 2.47. The standard InChI is InChI=1S/C20H33O6P/c1-13(2)7-5-8-14(3)9-6-10-15(4)11-12-27(25)20(24)18-16(21)17(22)19(23)26-18/h7,9,11,16-19,21-23,25H,5-6,8,10,12H2,1-4H3/t16-,17+,18-,19+,27?/m0/s1. The van der Waals surface area contributed by atoms with Gasteiger partial charge in [-0.25, -0.2) is 0 Å². The van der Waals surface area contributed by atoms with Gasteiger partial charge in [0.05, 0.1) is 0 Å². The number of allylic oxidation sites excluding steroid dienone is 6. The quantitative estimate of drug-likeness (QED) is 0.332. The van der Waals surface area contributed by atoms with Crippen molar-refractivity contribution in [2.45, 2.75) is 78.0 Å². The van der Waals surface area contributed by atoms with Crippen LogP contribution in [0, 0.1) is 0 Å². The minimum absolute atomic E-state index is 0.169. The number of hydrogen-bond acceptors (Lipinski definition) is 6. The van der Waals surface area contributed by atoms with Crippen LogP contribution in [-0.4, -0.2) is 56.5 Å². The molecule has 0 aromatic rings.